The summed E-state index contributed by atoms with van der Waals surface area (Å²) in [7, 11) is 0. The molecule has 0 atom stereocenters. The third kappa shape index (κ3) is 11.4. The lowest BCUT2D eigenvalue weighted by atomic mass is 9.65. The van der Waals surface area contributed by atoms with Crippen molar-refractivity contribution >= 4 is 5.97 Å². The highest BCUT2D eigenvalue weighted by molar-refractivity contribution is 5.66. The zero-order valence-corrected chi connectivity index (χ0v) is 27.0. The third-order valence-corrected chi connectivity index (χ3v) is 8.51. The van der Waals surface area contributed by atoms with Crippen LogP contribution in [0, 0.1) is 0 Å². The van der Waals surface area contributed by atoms with Gasteiger partial charge in [0.1, 0.15) is 11.5 Å². The molecule has 4 heteroatoms. The van der Waals surface area contributed by atoms with Gasteiger partial charge in [0.15, 0.2) is 0 Å². The zero-order chi connectivity index (χ0) is 32.2. The predicted molar refractivity (Wildman–Crippen MR) is 186 cm³/mol. The van der Waals surface area contributed by atoms with Crippen molar-refractivity contribution in [1.82, 2.24) is 0 Å². The molecule has 0 spiro atoms. The van der Waals surface area contributed by atoms with Gasteiger partial charge in [-0.1, -0.05) is 169 Å². The fourth-order valence-corrected chi connectivity index (χ4v) is 6.09. The molecule has 0 bridgehead atoms. The minimum absolute atomic E-state index is 0.236. The van der Waals surface area contributed by atoms with Crippen molar-refractivity contribution in [3.05, 3.63) is 131 Å². The van der Waals surface area contributed by atoms with Gasteiger partial charge < -0.3 is 15.3 Å². The Morgan fingerprint density at radius 3 is 1.11 bits per heavy atom. The smallest absolute Gasteiger partial charge is 0.303 e. The van der Waals surface area contributed by atoms with Gasteiger partial charge in [-0.25, -0.2) is 0 Å². The van der Waals surface area contributed by atoms with E-state index >= 15 is 0 Å². The Morgan fingerprint density at radius 2 is 0.778 bits per heavy atom. The van der Waals surface area contributed by atoms with Gasteiger partial charge in [-0.3, -0.25) is 4.79 Å². The minimum atomic E-state index is -0.655. The summed E-state index contributed by atoms with van der Waals surface area (Å²) in [5, 5.41) is 28.2. The molecule has 0 unspecified atom stereocenters. The number of phenols is 2. The molecule has 0 aliphatic rings. The molecule has 4 aromatic carbocycles. The normalized spacial score (nSPS) is 11.0. The van der Waals surface area contributed by atoms with Crippen LogP contribution in [-0.4, -0.2) is 21.3 Å². The van der Waals surface area contributed by atoms with Crippen molar-refractivity contribution < 1.29 is 20.1 Å². The lowest BCUT2D eigenvalue weighted by Crippen LogP contribution is -2.30. The molecular formula is C41H52O4. The van der Waals surface area contributed by atoms with Crippen LogP contribution in [0.15, 0.2) is 109 Å². The highest BCUT2D eigenvalue weighted by Gasteiger charge is 2.38. The molecule has 0 fully saturated rings. The topological polar surface area (TPSA) is 77.8 Å². The fourth-order valence-electron chi connectivity index (χ4n) is 6.09. The number of carboxylic acid groups (broad SMARTS) is 1. The molecule has 0 saturated carbocycles. The molecule has 4 nitrogen and oxygen atoms in total. The second kappa shape index (κ2) is 20.1. The molecule has 0 radical (unpaired) electrons. The van der Waals surface area contributed by atoms with E-state index in [2.05, 4.69) is 31.2 Å². The SMILES string of the molecule is CCCCCCCCCCCCCCCC(=O)O.Oc1ccc(C(c2ccccc2)(c2ccccc2)c2ccc(O)cc2)cc1. The van der Waals surface area contributed by atoms with Crippen molar-refractivity contribution in [2.24, 2.45) is 0 Å². The summed E-state index contributed by atoms with van der Waals surface area (Å²) in [6.07, 6.45) is 17.3. The molecule has 240 valence electrons. The van der Waals surface area contributed by atoms with E-state index in [1.165, 1.54) is 70.6 Å². The van der Waals surface area contributed by atoms with Crippen molar-refractivity contribution in [2.75, 3.05) is 0 Å². The average molecular weight is 609 g/mol. The highest BCUT2D eigenvalue weighted by Crippen LogP contribution is 2.45. The number of phenolic OH excluding ortho intramolecular Hbond substituents is 2. The lowest BCUT2D eigenvalue weighted by Gasteiger charge is -2.36. The average Bonchev–Trinajstić information content (AvgIpc) is 3.06. The number of unbranched alkanes of at least 4 members (excludes halogenated alkanes) is 12. The maximum Gasteiger partial charge on any atom is 0.303 e. The number of aromatic hydroxyl groups is 2. The Bertz CT molecular complexity index is 1250. The van der Waals surface area contributed by atoms with E-state index in [0.29, 0.717) is 6.42 Å². The molecular weight excluding hydrogens is 556 g/mol. The van der Waals surface area contributed by atoms with Gasteiger partial charge in [0.2, 0.25) is 0 Å². The second-order valence-electron chi connectivity index (χ2n) is 12.0. The lowest BCUT2D eigenvalue weighted by molar-refractivity contribution is -0.137. The van der Waals surface area contributed by atoms with E-state index < -0.39 is 11.4 Å². The van der Waals surface area contributed by atoms with E-state index in [1.807, 2.05) is 60.7 Å². The van der Waals surface area contributed by atoms with Crippen molar-refractivity contribution in [2.45, 2.75) is 102 Å². The monoisotopic (exact) mass is 608 g/mol. The first-order valence-corrected chi connectivity index (χ1v) is 16.9. The van der Waals surface area contributed by atoms with E-state index in [4.69, 9.17) is 5.11 Å². The number of hydrogen-bond donors (Lipinski definition) is 3. The molecule has 0 heterocycles. The first-order chi connectivity index (χ1) is 22.0. The fraction of sp³-hybridized carbons (Fsp3) is 0.390. The zero-order valence-electron chi connectivity index (χ0n) is 27.0. The van der Waals surface area contributed by atoms with Gasteiger partial charge in [0.25, 0.3) is 0 Å². The standard InChI is InChI=1S/C25H20O2.C16H32O2/c26-23-15-11-21(12-16-23)25(19-7-3-1-4-8-19,20-9-5-2-6-10-20)22-13-17-24(27)18-14-22;1-2-3-4-5-6-7-8-9-10-11-12-13-14-15-16(17)18/h1-18,26-27H;2-15H2,1H3,(H,17,18). The number of benzene rings is 4. The van der Waals surface area contributed by atoms with Crippen LogP contribution in [-0.2, 0) is 10.2 Å². The van der Waals surface area contributed by atoms with E-state index in [-0.39, 0.29) is 11.5 Å². The van der Waals surface area contributed by atoms with Crippen LogP contribution in [0.3, 0.4) is 0 Å². The summed E-state index contributed by atoms with van der Waals surface area (Å²) in [5.74, 6) is -0.183. The summed E-state index contributed by atoms with van der Waals surface area (Å²) in [5.41, 5.74) is 3.76. The van der Waals surface area contributed by atoms with Gasteiger partial charge in [-0.2, -0.15) is 0 Å². The Balaban J connectivity index is 0.000000270. The first kappa shape index (κ1) is 35.4. The minimum Gasteiger partial charge on any atom is -0.508 e. The number of carboxylic acids is 1. The van der Waals surface area contributed by atoms with Gasteiger partial charge in [0.05, 0.1) is 5.41 Å². The quantitative estimate of drug-likeness (QED) is 0.0775. The van der Waals surface area contributed by atoms with Crippen molar-refractivity contribution in [3.63, 3.8) is 0 Å². The second-order valence-corrected chi connectivity index (χ2v) is 12.0. The molecule has 0 aromatic heterocycles. The van der Waals surface area contributed by atoms with Crippen LogP contribution >= 0.6 is 0 Å². The molecule has 4 aromatic rings. The molecule has 0 aliphatic carbocycles. The summed E-state index contributed by atoms with van der Waals surface area (Å²) in [6, 6.07) is 35.3. The molecule has 45 heavy (non-hydrogen) atoms. The van der Waals surface area contributed by atoms with E-state index in [1.54, 1.807) is 24.3 Å². The number of rotatable bonds is 18. The molecule has 0 saturated heterocycles. The van der Waals surface area contributed by atoms with Gasteiger partial charge in [-0.05, 0) is 52.9 Å². The van der Waals surface area contributed by atoms with Gasteiger partial charge >= 0.3 is 5.97 Å². The van der Waals surface area contributed by atoms with Crippen LogP contribution in [0.2, 0.25) is 0 Å². The molecule has 3 N–H and O–H groups in total. The maximum atomic E-state index is 10.3. The van der Waals surface area contributed by atoms with Gasteiger partial charge in [0, 0.05) is 6.42 Å². The number of hydrogen-bond acceptors (Lipinski definition) is 3. The van der Waals surface area contributed by atoms with Crippen LogP contribution < -0.4 is 0 Å². The molecule has 4 rings (SSSR count). The maximum absolute atomic E-state index is 10.3. The van der Waals surface area contributed by atoms with Crippen LogP contribution in [0.4, 0.5) is 0 Å². The van der Waals surface area contributed by atoms with Crippen LogP contribution in [0.1, 0.15) is 119 Å². The Morgan fingerprint density at radius 1 is 0.467 bits per heavy atom. The summed E-state index contributed by atoms with van der Waals surface area (Å²) in [6.45, 7) is 2.26. The predicted octanol–water partition coefficient (Wildman–Crippen LogP) is 11.0. The number of carbonyl (C=O) groups is 1. The summed E-state index contributed by atoms with van der Waals surface area (Å²) in [4.78, 5) is 10.3. The van der Waals surface area contributed by atoms with Crippen LogP contribution in [0.25, 0.3) is 0 Å². The molecule has 0 amide bonds. The summed E-state index contributed by atoms with van der Waals surface area (Å²) < 4.78 is 0. The van der Waals surface area contributed by atoms with Crippen molar-refractivity contribution in [3.8, 4) is 11.5 Å². The Kier molecular flexibility index (Phi) is 15.8. The van der Waals surface area contributed by atoms with Crippen LogP contribution in [0.5, 0.6) is 11.5 Å². The van der Waals surface area contributed by atoms with E-state index in [0.717, 1.165) is 35.1 Å². The Hall–Kier alpha value is -4.05. The van der Waals surface area contributed by atoms with E-state index in [9.17, 15) is 15.0 Å². The third-order valence-electron chi connectivity index (χ3n) is 8.51. The van der Waals surface area contributed by atoms with Crippen molar-refractivity contribution in [1.29, 1.82) is 0 Å². The molecule has 0 aliphatic heterocycles. The largest absolute Gasteiger partial charge is 0.508 e. The first-order valence-electron chi connectivity index (χ1n) is 16.9. The van der Waals surface area contributed by atoms with Gasteiger partial charge in [-0.15, -0.1) is 0 Å². The highest BCUT2D eigenvalue weighted by atomic mass is 16.4. The Labute approximate surface area is 270 Å². The number of aliphatic carboxylic acids is 1. The summed E-state index contributed by atoms with van der Waals surface area (Å²) >= 11 is 0.